The van der Waals surface area contributed by atoms with Gasteiger partial charge in [-0.25, -0.2) is 0 Å². The van der Waals surface area contributed by atoms with Gasteiger partial charge in [-0.2, -0.15) is 5.10 Å². The molecule has 0 aliphatic carbocycles. The zero-order valence-corrected chi connectivity index (χ0v) is 11.6. The van der Waals surface area contributed by atoms with Crippen LogP contribution in [0.3, 0.4) is 0 Å². The van der Waals surface area contributed by atoms with Gasteiger partial charge in [0.05, 0.1) is 12.1 Å². The number of carbonyl (C=O) groups is 1. The summed E-state index contributed by atoms with van der Waals surface area (Å²) in [5.74, 6) is -0.802. The first kappa shape index (κ1) is 15.0. The minimum Gasteiger partial charge on any atom is -0.481 e. The summed E-state index contributed by atoms with van der Waals surface area (Å²) < 4.78 is 1.87. The van der Waals surface area contributed by atoms with Crippen molar-refractivity contribution in [3.63, 3.8) is 0 Å². The molecule has 1 aromatic rings. The minimum atomic E-state index is -0.651. The Hall–Kier alpha value is -1.07. The number of rotatable bonds is 3. The van der Waals surface area contributed by atoms with Crippen LogP contribution < -0.4 is 0 Å². The lowest BCUT2D eigenvalue weighted by atomic mass is 9.97. The summed E-state index contributed by atoms with van der Waals surface area (Å²) in [6.07, 6.45) is 3.42. The second-order valence-electron chi connectivity index (χ2n) is 4.77. The van der Waals surface area contributed by atoms with Gasteiger partial charge in [0.2, 0.25) is 0 Å². The van der Waals surface area contributed by atoms with Crippen LogP contribution in [0.5, 0.6) is 0 Å². The highest BCUT2D eigenvalue weighted by Gasteiger charge is 2.24. The lowest BCUT2D eigenvalue weighted by Crippen LogP contribution is -2.35. The van der Waals surface area contributed by atoms with Gasteiger partial charge < -0.3 is 5.11 Å². The zero-order valence-electron chi connectivity index (χ0n) is 10.8. The Labute approximate surface area is 113 Å². The van der Waals surface area contributed by atoms with Crippen LogP contribution in [-0.4, -0.2) is 38.8 Å². The SMILES string of the molecule is Cc1c(CN2CCC(C(=O)O)CC2)cnn1C.Cl. The summed E-state index contributed by atoms with van der Waals surface area (Å²) in [5.41, 5.74) is 2.42. The van der Waals surface area contributed by atoms with Gasteiger partial charge in [0, 0.05) is 24.8 Å². The number of aromatic nitrogens is 2. The lowest BCUT2D eigenvalue weighted by Gasteiger charge is -2.29. The Kier molecular flexibility index (Phi) is 5.16. The first-order valence-electron chi connectivity index (χ1n) is 6.00. The highest BCUT2D eigenvalue weighted by atomic mass is 35.5. The number of nitrogens with zero attached hydrogens (tertiary/aromatic N) is 3. The molecule has 0 atom stereocenters. The number of aryl methyl sites for hydroxylation is 1. The molecule has 1 saturated heterocycles. The van der Waals surface area contributed by atoms with E-state index >= 15 is 0 Å². The van der Waals surface area contributed by atoms with Gasteiger partial charge in [-0.1, -0.05) is 0 Å². The van der Waals surface area contributed by atoms with Crippen LogP contribution in [0.2, 0.25) is 0 Å². The maximum absolute atomic E-state index is 10.8. The van der Waals surface area contributed by atoms with Crippen LogP contribution >= 0.6 is 12.4 Å². The van der Waals surface area contributed by atoms with Crippen LogP contribution in [0.15, 0.2) is 6.20 Å². The van der Waals surface area contributed by atoms with E-state index in [1.165, 1.54) is 11.3 Å². The van der Waals surface area contributed by atoms with Gasteiger partial charge in [0.1, 0.15) is 0 Å². The number of halogens is 1. The maximum Gasteiger partial charge on any atom is 0.306 e. The summed E-state index contributed by atoms with van der Waals surface area (Å²) in [5, 5.41) is 13.2. The van der Waals surface area contributed by atoms with Crippen molar-refractivity contribution < 1.29 is 9.90 Å². The van der Waals surface area contributed by atoms with Crippen molar-refractivity contribution in [2.45, 2.75) is 26.3 Å². The normalized spacial score (nSPS) is 17.4. The fourth-order valence-electron chi connectivity index (χ4n) is 2.28. The second kappa shape index (κ2) is 6.20. The molecule has 1 N–H and O–H groups in total. The van der Waals surface area contributed by atoms with E-state index in [1.807, 2.05) is 17.9 Å². The highest BCUT2D eigenvalue weighted by molar-refractivity contribution is 5.85. The molecule has 1 aliphatic heterocycles. The molecule has 0 radical (unpaired) electrons. The Morgan fingerprint density at radius 3 is 2.56 bits per heavy atom. The van der Waals surface area contributed by atoms with Crippen LogP contribution in [0.1, 0.15) is 24.1 Å². The van der Waals surface area contributed by atoms with E-state index in [-0.39, 0.29) is 18.3 Å². The van der Waals surface area contributed by atoms with Crippen LogP contribution in [0, 0.1) is 12.8 Å². The van der Waals surface area contributed by atoms with Gasteiger partial charge in [-0.15, -0.1) is 12.4 Å². The van der Waals surface area contributed by atoms with Gasteiger partial charge in [-0.05, 0) is 32.9 Å². The predicted molar refractivity (Wildman–Crippen MR) is 70.8 cm³/mol. The average Bonchev–Trinajstić information content (AvgIpc) is 2.62. The van der Waals surface area contributed by atoms with E-state index in [9.17, 15) is 4.79 Å². The van der Waals surface area contributed by atoms with Crippen LogP contribution in [0.25, 0.3) is 0 Å². The molecule has 2 heterocycles. The van der Waals surface area contributed by atoms with Gasteiger partial charge in [0.25, 0.3) is 0 Å². The molecule has 1 aromatic heterocycles. The van der Waals surface area contributed by atoms with Gasteiger partial charge in [-0.3, -0.25) is 14.4 Å². The molecular formula is C12H20ClN3O2. The third kappa shape index (κ3) is 3.23. The second-order valence-corrected chi connectivity index (χ2v) is 4.77. The quantitative estimate of drug-likeness (QED) is 0.906. The molecule has 0 bridgehead atoms. The maximum atomic E-state index is 10.8. The largest absolute Gasteiger partial charge is 0.481 e. The third-order valence-electron chi connectivity index (χ3n) is 3.67. The molecule has 6 heteroatoms. The van der Waals surface area contributed by atoms with E-state index in [4.69, 9.17) is 5.11 Å². The zero-order chi connectivity index (χ0) is 12.4. The molecule has 0 saturated carbocycles. The Balaban J connectivity index is 0.00000162. The Morgan fingerprint density at radius 1 is 1.50 bits per heavy atom. The average molecular weight is 274 g/mol. The van der Waals surface area contributed by atoms with E-state index < -0.39 is 5.97 Å². The van der Waals surface area contributed by atoms with E-state index in [0.29, 0.717) is 0 Å². The third-order valence-corrected chi connectivity index (χ3v) is 3.67. The Morgan fingerprint density at radius 2 is 2.11 bits per heavy atom. The first-order chi connectivity index (χ1) is 8.08. The molecule has 1 fully saturated rings. The summed E-state index contributed by atoms with van der Waals surface area (Å²) >= 11 is 0. The number of carboxylic acids is 1. The number of aliphatic carboxylic acids is 1. The van der Waals surface area contributed by atoms with Crippen molar-refractivity contribution in [1.82, 2.24) is 14.7 Å². The van der Waals surface area contributed by atoms with Crippen LogP contribution in [-0.2, 0) is 18.4 Å². The molecular weight excluding hydrogens is 254 g/mol. The standard InChI is InChI=1S/C12H19N3O2.ClH/c1-9-11(7-13-14(9)2)8-15-5-3-10(4-6-15)12(16)17;/h7,10H,3-6,8H2,1-2H3,(H,16,17);1H. The summed E-state index contributed by atoms with van der Waals surface area (Å²) in [7, 11) is 1.94. The van der Waals surface area contributed by atoms with Gasteiger partial charge >= 0.3 is 5.97 Å². The van der Waals surface area contributed by atoms with Crippen molar-refractivity contribution in [3.8, 4) is 0 Å². The predicted octanol–water partition coefficient (Wildman–Crippen LogP) is 1.45. The van der Waals surface area contributed by atoms with Crippen LogP contribution in [0.4, 0.5) is 0 Å². The van der Waals surface area contributed by atoms with E-state index in [2.05, 4.69) is 16.9 Å². The molecule has 2 rings (SSSR count). The van der Waals surface area contributed by atoms with E-state index in [0.717, 1.165) is 32.5 Å². The molecule has 1 aliphatic rings. The molecule has 0 amide bonds. The number of piperidine rings is 1. The van der Waals surface area contributed by atoms with Crippen molar-refractivity contribution in [1.29, 1.82) is 0 Å². The molecule has 0 aromatic carbocycles. The number of carboxylic acid groups (broad SMARTS) is 1. The molecule has 0 unspecified atom stereocenters. The molecule has 5 nitrogen and oxygen atoms in total. The molecule has 102 valence electrons. The monoisotopic (exact) mass is 273 g/mol. The highest BCUT2D eigenvalue weighted by Crippen LogP contribution is 2.19. The first-order valence-corrected chi connectivity index (χ1v) is 6.00. The Bertz CT molecular complexity index is 411. The molecule has 0 spiro atoms. The van der Waals surface area contributed by atoms with Gasteiger partial charge in [0.15, 0.2) is 0 Å². The topological polar surface area (TPSA) is 58.4 Å². The van der Waals surface area contributed by atoms with Crippen molar-refractivity contribution >= 4 is 18.4 Å². The fourth-order valence-corrected chi connectivity index (χ4v) is 2.28. The lowest BCUT2D eigenvalue weighted by molar-refractivity contribution is -0.143. The van der Waals surface area contributed by atoms with Crippen molar-refractivity contribution in [2.24, 2.45) is 13.0 Å². The minimum absolute atomic E-state index is 0. The molecule has 18 heavy (non-hydrogen) atoms. The number of hydrogen-bond acceptors (Lipinski definition) is 3. The van der Waals surface area contributed by atoms with E-state index in [1.54, 1.807) is 0 Å². The summed E-state index contributed by atoms with van der Waals surface area (Å²) in [4.78, 5) is 13.2. The van der Waals surface area contributed by atoms with Crippen molar-refractivity contribution in [2.75, 3.05) is 13.1 Å². The number of hydrogen-bond donors (Lipinski definition) is 1. The summed E-state index contributed by atoms with van der Waals surface area (Å²) in [6.45, 7) is 4.68. The van der Waals surface area contributed by atoms with Crippen molar-refractivity contribution in [3.05, 3.63) is 17.5 Å². The number of likely N-dealkylation sites (tertiary alicyclic amines) is 1. The summed E-state index contributed by atoms with van der Waals surface area (Å²) in [6, 6.07) is 0. The fraction of sp³-hybridized carbons (Fsp3) is 0.667. The smallest absolute Gasteiger partial charge is 0.306 e.